The van der Waals surface area contributed by atoms with Crippen molar-refractivity contribution in [3.05, 3.63) is 35.4 Å². The fraction of sp³-hybridized carbons (Fsp3) is 0.500. The maximum atomic E-state index is 12.2. The Kier molecular flexibility index (Phi) is 6.71. The lowest BCUT2D eigenvalue weighted by molar-refractivity contribution is -0.155. The third kappa shape index (κ3) is 4.93. The molecule has 0 saturated carbocycles. The molecule has 0 aliphatic carbocycles. The van der Waals surface area contributed by atoms with Crippen molar-refractivity contribution in [2.75, 3.05) is 19.8 Å². The number of rotatable bonds is 9. The molecule has 1 aliphatic heterocycles. The lowest BCUT2D eigenvalue weighted by Crippen LogP contribution is -2.33. The van der Waals surface area contributed by atoms with Gasteiger partial charge in [0.1, 0.15) is 6.61 Å². The Hall–Kier alpha value is -2.70. The average molecular weight is 375 g/mol. The van der Waals surface area contributed by atoms with Crippen LogP contribution in [0.25, 0.3) is 0 Å². The molecule has 0 N–H and O–H groups in total. The minimum atomic E-state index is -0.535. The van der Waals surface area contributed by atoms with E-state index in [1.54, 1.807) is 24.3 Å². The molecule has 0 aromatic heterocycles. The molecule has 0 unspecified atom stereocenters. The highest BCUT2D eigenvalue weighted by Gasteiger charge is 2.34. The number of fused-ring (bicyclic) bond motifs is 1. The first-order valence-corrected chi connectivity index (χ1v) is 9.06. The number of imide groups is 1. The van der Waals surface area contributed by atoms with Crippen LogP contribution in [0.1, 0.15) is 60.7 Å². The zero-order valence-electron chi connectivity index (χ0n) is 15.9. The second-order valence-corrected chi connectivity index (χ2v) is 7.00. The van der Waals surface area contributed by atoms with Crippen LogP contribution < -0.4 is 0 Å². The number of ether oxygens (including phenoxy) is 2. The van der Waals surface area contributed by atoms with Gasteiger partial charge < -0.3 is 9.47 Å². The Balaban J connectivity index is 1.67. The van der Waals surface area contributed by atoms with E-state index in [0.29, 0.717) is 24.0 Å². The Morgan fingerprint density at radius 2 is 1.59 bits per heavy atom. The van der Waals surface area contributed by atoms with Crippen LogP contribution in [0, 0.1) is 5.41 Å². The molecule has 0 atom stereocenters. The standard InChI is InChI=1S/C20H25NO6/c1-4-20(2,3)19(25)27-12-7-10-16(22)26-13-11-21-17(23)14-8-5-6-9-15(14)18(21)24/h5-6,8-9H,4,7,10-13H2,1-3H3. The zero-order valence-corrected chi connectivity index (χ0v) is 15.9. The van der Waals surface area contributed by atoms with Gasteiger partial charge in [-0.05, 0) is 38.8 Å². The summed E-state index contributed by atoms with van der Waals surface area (Å²) in [7, 11) is 0. The molecule has 1 heterocycles. The van der Waals surface area contributed by atoms with Crippen molar-refractivity contribution in [1.29, 1.82) is 0 Å². The first-order chi connectivity index (χ1) is 12.8. The molecule has 0 saturated heterocycles. The van der Waals surface area contributed by atoms with Crippen molar-refractivity contribution >= 4 is 23.8 Å². The van der Waals surface area contributed by atoms with Crippen molar-refractivity contribution in [3.63, 3.8) is 0 Å². The van der Waals surface area contributed by atoms with Crippen molar-refractivity contribution < 1.29 is 28.7 Å². The normalized spacial score (nSPS) is 13.5. The highest BCUT2D eigenvalue weighted by Crippen LogP contribution is 2.22. The van der Waals surface area contributed by atoms with Gasteiger partial charge in [0.05, 0.1) is 29.7 Å². The number of benzene rings is 1. The van der Waals surface area contributed by atoms with E-state index in [4.69, 9.17) is 9.47 Å². The van der Waals surface area contributed by atoms with Crippen LogP contribution in [0.15, 0.2) is 24.3 Å². The minimum Gasteiger partial charge on any atom is -0.465 e. The quantitative estimate of drug-likeness (QED) is 0.374. The van der Waals surface area contributed by atoms with Gasteiger partial charge in [0, 0.05) is 6.42 Å². The Bertz CT molecular complexity index is 705. The van der Waals surface area contributed by atoms with Gasteiger partial charge in [0.2, 0.25) is 0 Å². The van der Waals surface area contributed by atoms with E-state index in [2.05, 4.69) is 0 Å². The molecular weight excluding hydrogens is 350 g/mol. The zero-order chi connectivity index (χ0) is 20.0. The predicted octanol–water partition coefficient (Wildman–Crippen LogP) is 2.59. The summed E-state index contributed by atoms with van der Waals surface area (Å²) in [6.45, 7) is 5.62. The van der Waals surface area contributed by atoms with Crippen molar-refractivity contribution in [2.24, 2.45) is 5.41 Å². The molecule has 0 spiro atoms. The van der Waals surface area contributed by atoms with E-state index in [1.165, 1.54) is 0 Å². The molecule has 1 aromatic rings. The van der Waals surface area contributed by atoms with Crippen molar-refractivity contribution in [1.82, 2.24) is 4.90 Å². The first kappa shape index (κ1) is 20.6. The van der Waals surface area contributed by atoms with Gasteiger partial charge in [-0.15, -0.1) is 0 Å². The monoisotopic (exact) mass is 375 g/mol. The fourth-order valence-corrected chi connectivity index (χ4v) is 2.49. The van der Waals surface area contributed by atoms with Crippen LogP contribution in [0.4, 0.5) is 0 Å². The molecule has 0 bridgehead atoms. The number of carbonyl (C=O) groups is 4. The molecule has 1 aromatic carbocycles. The predicted molar refractivity (Wildman–Crippen MR) is 97.0 cm³/mol. The summed E-state index contributed by atoms with van der Waals surface area (Å²) in [6.07, 6.45) is 1.13. The summed E-state index contributed by atoms with van der Waals surface area (Å²) >= 11 is 0. The number of hydrogen-bond acceptors (Lipinski definition) is 6. The number of esters is 2. The van der Waals surface area contributed by atoms with Crippen LogP contribution in [0.5, 0.6) is 0 Å². The van der Waals surface area contributed by atoms with Gasteiger partial charge in [0.25, 0.3) is 11.8 Å². The third-order valence-electron chi connectivity index (χ3n) is 4.65. The van der Waals surface area contributed by atoms with Crippen molar-refractivity contribution in [2.45, 2.75) is 40.0 Å². The molecule has 2 rings (SSSR count). The van der Waals surface area contributed by atoms with Crippen LogP contribution in [-0.2, 0) is 19.1 Å². The van der Waals surface area contributed by atoms with E-state index in [9.17, 15) is 19.2 Å². The Morgan fingerprint density at radius 3 is 2.15 bits per heavy atom. The Morgan fingerprint density at radius 1 is 1.00 bits per heavy atom. The number of hydrogen-bond donors (Lipinski definition) is 0. The number of nitrogens with zero attached hydrogens (tertiary/aromatic N) is 1. The fourth-order valence-electron chi connectivity index (χ4n) is 2.49. The maximum Gasteiger partial charge on any atom is 0.311 e. The topological polar surface area (TPSA) is 90.0 Å². The van der Waals surface area contributed by atoms with E-state index in [1.807, 2.05) is 20.8 Å². The molecular formula is C20H25NO6. The summed E-state index contributed by atoms with van der Waals surface area (Å²) in [6, 6.07) is 6.59. The molecule has 7 heteroatoms. The van der Waals surface area contributed by atoms with Crippen LogP contribution in [-0.4, -0.2) is 48.4 Å². The van der Waals surface area contributed by atoms with E-state index >= 15 is 0 Å². The van der Waals surface area contributed by atoms with Crippen LogP contribution in [0.2, 0.25) is 0 Å². The van der Waals surface area contributed by atoms with E-state index in [0.717, 1.165) is 4.90 Å². The van der Waals surface area contributed by atoms with Gasteiger partial charge in [-0.2, -0.15) is 0 Å². The lowest BCUT2D eigenvalue weighted by atomic mass is 9.91. The molecule has 2 amide bonds. The summed E-state index contributed by atoms with van der Waals surface area (Å²) < 4.78 is 10.2. The lowest BCUT2D eigenvalue weighted by Gasteiger charge is -2.20. The summed E-state index contributed by atoms with van der Waals surface area (Å²) in [5.41, 5.74) is 0.198. The summed E-state index contributed by atoms with van der Waals surface area (Å²) in [4.78, 5) is 49.0. The highest BCUT2D eigenvalue weighted by molar-refractivity contribution is 6.21. The largest absolute Gasteiger partial charge is 0.465 e. The highest BCUT2D eigenvalue weighted by atomic mass is 16.5. The average Bonchev–Trinajstić information content (AvgIpc) is 2.90. The summed E-state index contributed by atoms with van der Waals surface area (Å²) in [5.74, 6) is -1.50. The van der Waals surface area contributed by atoms with Crippen LogP contribution >= 0.6 is 0 Å². The molecule has 146 valence electrons. The molecule has 27 heavy (non-hydrogen) atoms. The minimum absolute atomic E-state index is 0.0117. The first-order valence-electron chi connectivity index (χ1n) is 9.06. The van der Waals surface area contributed by atoms with E-state index in [-0.39, 0.29) is 44.0 Å². The van der Waals surface area contributed by atoms with Crippen LogP contribution in [0.3, 0.4) is 0 Å². The van der Waals surface area contributed by atoms with E-state index < -0.39 is 11.4 Å². The third-order valence-corrected chi connectivity index (χ3v) is 4.65. The van der Waals surface area contributed by atoms with Crippen molar-refractivity contribution in [3.8, 4) is 0 Å². The van der Waals surface area contributed by atoms with Gasteiger partial charge in [-0.25, -0.2) is 0 Å². The maximum absolute atomic E-state index is 12.2. The molecule has 0 fully saturated rings. The van der Waals surface area contributed by atoms with Gasteiger partial charge in [-0.1, -0.05) is 19.1 Å². The molecule has 1 aliphatic rings. The smallest absolute Gasteiger partial charge is 0.311 e. The van der Waals surface area contributed by atoms with Gasteiger partial charge in [-0.3, -0.25) is 24.1 Å². The SMILES string of the molecule is CCC(C)(C)C(=O)OCCCC(=O)OCCN1C(=O)c2ccccc2C1=O. The number of amides is 2. The Labute approximate surface area is 158 Å². The second-order valence-electron chi connectivity index (χ2n) is 7.00. The van der Waals surface area contributed by atoms with Gasteiger partial charge in [0.15, 0.2) is 0 Å². The molecule has 0 radical (unpaired) electrons. The summed E-state index contributed by atoms with van der Waals surface area (Å²) in [5, 5.41) is 0. The number of carbonyl (C=O) groups excluding carboxylic acids is 4. The second kappa shape index (κ2) is 8.79. The molecule has 7 nitrogen and oxygen atoms in total. The van der Waals surface area contributed by atoms with Gasteiger partial charge >= 0.3 is 11.9 Å².